The molecule has 3 rings (SSSR count). The Morgan fingerprint density at radius 2 is 1.79 bits per heavy atom. The Balaban J connectivity index is 0.00000385. The number of morpholine rings is 1. The van der Waals surface area contributed by atoms with Crippen molar-refractivity contribution in [2.75, 3.05) is 45.9 Å². The van der Waals surface area contributed by atoms with E-state index in [0.29, 0.717) is 32.2 Å². The molecular formula is C25H37IN4O3. The summed E-state index contributed by atoms with van der Waals surface area (Å²) >= 11 is 0. The van der Waals surface area contributed by atoms with Crippen molar-refractivity contribution in [2.24, 2.45) is 4.99 Å². The summed E-state index contributed by atoms with van der Waals surface area (Å²) in [6.07, 6.45) is 0. The Kier molecular flexibility index (Phi) is 11.9. The maximum Gasteiger partial charge on any atom is 0.191 e. The second-order valence-corrected chi connectivity index (χ2v) is 8.32. The molecule has 33 heavy (non-hydrogen) atoms. The molecule has 1 aliphatic heterocycles. The predicted octanol–water partition coefficient (Wildman–Crippen LogP) is 3.02. The number of hydrogen-bond donors (Lipinski definition) is 3. The number of nitrogens with zero attached hydrogens (tertiary/aromatic N) is 2. The summed E-state index contributed by atoms with van der Waals surface area (Å²) < 4.78 is 11.4. The van der Waals surface area contributed by atoms with Gasteiger partial charge in [0.2, 0.25) is 0 Å². The highest BCUT2D eigenvalue weighted by atomic mass is 127. The van der Waals surface area contributed by atoms with Gasteiger partial charge in [-0.05, 0) is 25.5 Å². The first-order chi connectivity index (χ1) is 15.6. The lowest BCUT2D eigenvalue weighted by Gasteiger charge is -2.34. The van der Waals surface area contributed by atoms with Crippen LogP contribution in [0.25, 0.3) is 0 Å². The third-order valence-electron chi connectivity index (χ3n) is 5.27. The van der Waals surface area contributed by atoms with Gasteiger partial charge in [-0.3, -0.25) is 4.90 Å². The highest BCUT2D eigenvalue weighted by Gasteiger charge is 2.25. The number of halogens is 1. The Morgan fingerprint density at radius 1 is 1.09 bits per heavy atom. The van der Waals surface area contributed by atoms with Crippen LogP contribution in [0.2, 0.25) is 0 Å². The molecule has 1 unspecified atom stereocenters. The molecule has 1 heterocycles. The molecule has 2 aromatic carbocycles. The van der Waals surface area contributed by atoms with Crippen LogP contribution in [0, 0.1) is 0 Å². The van der Waals surface area contributed by atoms with Gasteiger partial charge in [0.15, 0.2) is 5.96 Å². The number of nitrogens with one attached hydrogen (secondary N) is 2. The number of rotatable bonds is 10. The summed E-state index contributed by atoms with van der Waals surface area (Å²) in [6, 6.07) is 18.1. The molecule has 0 spiro atoms. The number of benzene rings is 2. The van der Waals surface area contributed by atoms with Crippen LogP contribution in [0.5, 0.6) is 5.75 Å². The standard InChI is InChI=1S/C25H36N4O3.HI/c1-3-26-24(28-19-25(2,30)20-29-13-15-31-16-14-29)27-17-22-11-7-8-12-23(22)32-18-21-9-5-4-6-10-21;/h4-12,30H,3,13-20H2,1-2H3,(H2,26,27,28);1H. The zero-order chi connectivity index (χ0) is 22.7. The van der Waals surface area contributed by atoms with Crippen LogP contribution in [0.1, 0.15) is 25.0 Å². The van der Waals surface area contributed by atoms with Gasteiger partial charge in [0, 0.05) is 38.3 Å². The summed E-state index contributed by atoms with van der Waals surface area (Å²) in [6.45, 7) is 9.76. The van der Waals surface area contributed by atoms with Crippen molar-refractivity contribution in [2.45, 2.75) is 32.6 Å². The summed E-state index contributed by atoms with van der Waals surface area (Å²) in [4.78, 5) is 6.95. The second kappa shape index (κ2) is 14.4. The lowest BCUT2D eigenvalue weighted by atomic mass is 10.1. The van der Waals surface area contributed by atoms with Crippen LogP contribution in [-0.2, 0) is 17.9 Å². The first kappa shape index (κ1) is 27.4. The fraction of sp³-hybridized carbons (Fsp3) is 0.480. The zero-order valence-electron chi connectivity index (χ0n) is 19.6. The van der Waals surface area contributed by atoms with Crippen molar-refractivity contribution in [3.63, 3.8) is 0 Å². The molecule has 0 aromatic heterocycles. The lowest BCUT2D eigenvalue weighted by Crippen LogP contribution is -2.52. The average Bonchev–Trinajstić information content (AvgIpc) is 2.81. The van der Waals surface area contributed by atoms with Crippen LogP contribution in [0.15, 0.2) is 59.6 Å². The molecule has 8 heteroatoms. The van der Waals surface area contributed by atoms with Crippen molar-refractivity contribution in [3.8, 4) is 5.75 Å². The van der Waals surface area contributed by atoms with Gasteiger partial charge in [-0.1, -0.05) is 48.5 Å². The molecule has 1 fully saturated rings. The van der Waals surface area contributed by atoms with Gasteiger partial charge in [-0.2, -0.15) is 0 Å². The van der Waals surface area contributed by atoms with E-state index >= 15 is 0 Å². The first-order valence-electron chi connectivity index (χ1n) is 11.3. The van der Waals surface area contributed by atoms with Crippen molar-refractivity contribution < 1.29 is 14.6 Å². The van der Waals surface area contributed by atoms with E-state index in [1.807, 2.05) is 56.3 Å². The van der Waals surface area contributed by atoms with Gasteiger partial charge in [0.1, 0.15) is 12.4 Å². The second-order valence-electron chi connectivity index (χ2n) is 8.32. The van der Waals surface area contributed by atoms with Crippen LogP contribution in [-0.4, -0.2) is 67.5 Å². The molecule has 0 aliphatic carbocycles. The van der Waals surface area contributed by atoms with E-state index in [4.69, 9.17) is 14.5 Å². The topological polar surface area (TPSA) is 78.4 Å². The largest absolute Gasteiger partial charge is 0.489 e. The minimum Gasteiger partial charge on any atom is -0.489 e. The van der Waals surface area contributed by atoms with Crippen molar-refractivity contribution >= 4 is 29.9 Å². The van der Waals surface area contributed by atoms with Gasteiger partial charge in [0.25, 0.3) is 0 Å². The number of ether oxygens (including phenoxy) is 2. The number of hydrogen-bond acceptors (Lipinski definition) is 5. The minimum absolute atomic E-state index is 0. The first-order valence-corrected chi connectivity index (χ1v) is 11.3. The van der Waals surface area contributed by atoms with Crippen molar-refractivity contribution in [1.82, 2.24) is 15.5 Å². The maximum atomic E-state index is 10.8. The fourth-order valence-corrected chi connectivity index (χ4v) is 3.59. The minimum atomic E-state index is -0.871. The van der Waals surface area contributed by atoms with Crippen molar-refractivity contribution in [3.05, 3.63) is 65.7 Å². The quantitative estimate of drug-likeness (QED) is 0.233. The van der Waals surface area contributed by atoms with Crippen LogP contribution in [0.3, 0.4) is 0 Å². The summed E-state index contributed by atoms with van der Waals surface area (Å²) in [5.41, 5.74) is 1.27. The molecule has 1 saturated heterocycles. The van der Waals surface area contributed by atoms with Gasteiger partial charge >= 0.3 is 0 Å². The van der Waals surface area contributed by atoms with Gasteiger partial charge in [0.05, 0.1) is 25.4 Å². The Bertz CT molecular complexity index is 843. The molecule has 0 amide bonds. The van der Waals surface area contributed by atoms with Gasteiger partial charge in [-0.15, -0.1) is 24.0 Å². The third-order valence-corrected chi connectivity index (χ3v) is 5.27. The van der Waals surface area contributed by atoms with Crippen molar-refractivity contribution in [1.29, 1.82) is 0 Å². The number of aliphatic imine (C=N–C) groups is 1. The molecule has 7 nitrogen and oxygen atoms in total. The van der Waals surface area contributed by atoms with E-state index in [1.54, 1.807) is 0 Å². The molecule has 2 aromatic rings. The third kappa shape index (κ3) is 9.87. The van der Waals surface area contributed by atoms with E-state index in [0.717, 1.165) is 49.7 Å². The number of aliphatic hydroxyl groups is 1. The summed E-state index contributed by atoms with van der Waals surface area (Å²) in [7, 11) is 0. The molecule has 1 aliphatic rings. The number of para-hydroxylation sites is 1. The Hall–Kier alpha value is -1.88. The monoisotopic (exact) mass is 568 g/mol. The summed E-state index contributed by atoms with van der Waals surface area (Å²) in [5, 5.41) is 17.4. The van der Waals surface area contributed by atoms with Gasteiger partial charge in [-0.25, -0.2) is 4.99 Å². The molecule has 0 bridgehead atoms. The van der Waals surface area contributed by atoms with E-state index in [-0.39, 0.29) is 24.0 Å². The predicted molar refractivity (Wildman–Crippen MR) is 143 cm³/mol. The average molecular weight is 569 g/mol. The highest BCUT2D eigenvalue weighted by Crippen LogP contribution is 2.20. The Morgan fingerprint density at radius 3 is 2.52 bits per heavy atom. The van der Waals surface area contributed by atoms with E-state index in [9.17, 15) is 5.11 Å². The normalized spacial score (nSPS) is 16.4. The Labute approximate surface area is 214 Å². The molecule has 0 saturated carbocycles. The SMILES string of the molecule is CCNC(=NCc1ccccc1OCc1ccccc1)NCC(C)(O)CN1CCOCC1.I. The van der Waals surface area contributed by atoms with Crippen LogP contribution >= 0.6 is 24.0 Å². The van der Waals surface area contributed by atoms with Gasteiger partial charge < -0.3 is 25.2 Å². The summed E-state index contributed by atoms with van der Waals surface area (Å²) in [5.74, 6) is 1.50. The maximum absolute atomic E-state index is 10.8. The molecule has 1 atom stereocenters. The number of guanidine groups is 1. The van der Waals surface area contributed by atoms with Crippen LogP contribution in [0.4, 0.5) is 0 Å². The molecule has 3 N–H and O–H groups in total. The number of β-amino-alcohol motifs (C(OH)–C–C–N with tert-alkyl or cyclic N) is 1. The molecule has 0 radical (unpaired) electrons. The zero-order valence-corrected chi connectivity index (χ0v) is 22.0. The van der Waals surface area contributed by atoms with E-state index in [1.165, 1.54) is 0 Å². The smallest absolute Gasteiger partial charge is 0.191 e. The lowest BCUT2D eigenvalue weighted by molar-refractivity contribution is -0.0201. The molecular weight excluding hydrogens is 531 g/mol. The molecule has 182 valence electrons. The fourth-order valence-electron chi connectivity index (χ4n) is 3.59. The highest BCUT2D eigenvalue weighted by molar-refractivity contribution is 14.0. The van der Waals surface area contributed by atoms with E-state index < -0.39 is 5.60 Å². The van der Waals surface area contributed by atoms with Crippen LogP contribution < -0.4 is 15.4 Å². The van der Waals surface area contributed by atoms with E-state index in [2.05, 4.69) is 27.7 Å².